The number of ether oxygens (including phenoxy) is 2. The van der Waals surface area contributed by atoms with Crippen LogP contribution in [0.4, 0.5) is 4.79 Å². The van der Waals surface area contributed by atoms with Gasteiger partial charge in [0, 0.05) is 0 Å². The molecule has 9 heteroatoms. The van der Waals surface area contributed by atoms with Crippen LogP contribution in [0.5, 0.6) is 0 Å². The zero-order valence-corrected chi connectivity index (χ0v) is 9.85. The zero-order valence-electron chi connectivity index (χ0n) is 8.95. The second kappa shape index (κ2) is 6.47. The number of esters is 1. The maximum Gasteiger partial charge on any atom is 0.410 e. The maximum atomic E-state index is 11.2. The standard InChI is InChI=1S/C7H14NO7P/c1-3-15-7(10)8(4-6(9)14-2)5-16(11,12)13/h3-5H2,1-2H3,(H2,11,12,13). The second-order valence-electron chi connectivity index (χ2n) is 2.78. The molecule has 0 heterocycles. The molecule has 0 rings (SSSR count). The molecular weight excluding hydrogens is 241 g/mol. The van der Waals surface area contributed by atoms with Crippen molar-refractivity contribution in [3.8, 4) is 0 Å². The van der Waals surface area contributed by atoms with E-state index in [1.165, 1.54) is 6.92 Å². The van der Waals surface area contributed by atoms with Gasteiger partial charge in [0.25, 0.3) is 0 Å². The minimum atomic E-state index is -4.45. The highest BCUT2D eigenvalue weighted by Gasteiger charge is 2.26. The van der Waals surface area contributed by atoms with Gasteiger partial charge in [-0.25, -0.2) is 4.79 Å². The molecule has 1 amide bonds. The molecule has 0 aromatic rings. The number of nitrogens with zero attached hydrogens (tertiary/aromatic N) is 1. The topological polar surface area (TPSA) is 113 Å². The first kappa shape index (κ1) is 14.9. The summed E-state index contributed by atoms with van der Waals surface area (Å²) in [5, 5.41) is 0. The Morgan fingerprint density at radius 3 is 2.31 bits per heavy atom. The van der Waals surface area contributed by atoms with E-state index in [-0.39, 0.29) is 6.61 Å². The number of carbonyl (C=O) groups excluding carboxylic acids is 2. The molecule has 0 saturated heterocycles. The summed E-state index contributed by atoms with van der Waals surface area (Å²) in [4.78, 5) is 40.1. The van der Waals surface area contributed by atoms with E-state index in [0.29, 0.717) is 4.90 Å². The van der Waals surface area contributed by atoms with E-state index >= 15 is 0 Å². The van der Waals surface area contributed by atoms with E-state index in [0.717, 1.165) is 7.11 Å². The van der Waals surface area contributed by atoms with Crippen LogP contribution in [0, 0.1) is 0 Å². The van der Waals surface area contributed by atoms with Gasteiger partial charge < -0.3 is 19.3 Å². The van der Waals surface area contributed by atoms with Crippen molar-refractivity contribution in [2.24, 2.45) is 0 Å². The molecule has 0 spiro atoms. The van der Waals surface area contributed by atoms with E-state index < -0.39 is 32.5 Å². The first-order chi connectivity index (χ1) is 7.30. The molecule has 0 bridgehead atoms. The van der Waals surface area contributed by atoms with E-state index in [4.69, 9.17) is 9.79 Å². The molecule has 0 atom stereocenters. The fourth-order valence-electron chi connectivity index (χ4n) is 0.830. The minimum Gasteiger partial charge on any atom is -0.468 e. The van der Waals surface area contributed by atoms with Gasteiger partial charge in [0.1, 0.15) is 12.8 Å². The first-order valence-corrected chi connectivity index (χ1v) is 6.13. The van der Waals surface area contributed by atoms with Crippen molar-refractivity contribution in [2.45, 2.75) is 6.92 Å². The molecule has 0 saturated carbocycles. The Labute approximate surface area is 92.3 Å². The summed E-state index contributed by atoms with van der Waals surface area (Å²) in [6, 6.07) is 0. The van der Waals surface area contributed by atoms with Gasteiger partial charge in [-0.2, -0.15) is 0 Å². The lowest BCUT2D eigenvalue weighted by Crippen LogP contribution is -2.37. The van der Waals surface area contributed by atoms with Crippen LogP contribution in [0.15, 0.2) is 0 Å². The predicted molar refractivity (Wildman–Crippen MR) is 52.7 cm³/mol. The molecule has 0 aromatic heterocycles. The van der Waals surface area contributed by atoms with Crippen molar-refractivity contribution < 1.29 is 33.4 Å². The van der Waals surface area contributed by atoms with Gasteiger partial charge in [-0.15, -0.1) is 0 Å². The number of hydrogen-bond donors (Lipinski definition) is 2. The highest BCUT2D eigenvalue weighted by Crippen LogP contribution is 2.35. The molecule has 94 valence electrons. The van der Waals surface area contributed by atoms with Gasteiger partial charge in [0.05, 0.1) is 13.7 Å². The summed E-state index contributed by atoms with van der Waals surface area (Å²) in [7, 11) is -3.35. The Bertz CT molecular complexity index is 299. The molecule has 0 aliphatic heterocycles. The number of rotatable bonds is 5. The van der Waals surface area contributed by atoms with Crippen LogP contribution < -0.4 is 0 Å². The van der Waals surface area contributed by atoms with Crippen LogP contribution in [0.25, 0.3) is 0 Å². The van der Waals surface area contributed by atoms with Gasteiger partial charge >= 0.3 is 19.7 Å². The van der Waals surface area contributed by atoms with Crippen LogP contribution in [0.2, 0.25) is 0 Å². The number of hydrogen-bond acceptors (Lipinski definition) is 5. The quantitative estimate of drug-likeness (QED) is 0.514. The van der Waals surface area contributed by atoms with E-state index in [1.807, 2.05) is 0 Å². The average molecular weight is 255 g/mol. The molecule has 0 aromatic carbocycles. The van der Waals surface area contributed by atoms with Crippen LogP contribution in [0.1, 0.15) is 6.92 Å². The van der Waals surface area contributed by atoms with Crippen molar-refractivity contribution in [3.63, 3.8) is 0 Å². The van der Waals surface area contributed by atoms with Crippen LogP contribution >= 0.6 is 7.60 Å². The molecule has 2 N–H and O–H groups in total. The van der Waals surface area contributed by atoms with Crippen LogP contribution in [-0.4, -0.2) is 53.3 Å². The third kappa shape index (κ3) is 6.39. The summed E-state index contributed by atoms with van der Waals surface area (Å²) >= 11 is 0. The first-order valence-electron chi connectivity index (χ1n) is 4.33. The Morgan fingerprint density at radius 2 is 1.94 bits per heavy atom. The maximum absolute atomic E-state index is 11.2. The Hall–Kier alpha value is -1.11. The molecular formula is C7H14NO7P. The highest BCUT2D eigenvalue weighted by atomic mass is 31.2. The number of methoxy groups -OCH3 is 1. The summed E-state index contributed by atoms with van der Waals surface area (Å²) in [6.07, 6.45) is -1.86. The molecule has 0 unspecified atom stereocenters. The fraction of sp³-hybridized carbons (Fsp3) is 0.714. The smallest absolute Gasteiger partial charge is 0.410 e. The van der Waals surface area contributed by atoms with E-state index in [1.54, 1.807) is 0 Å². The second-order valence-corrected chi connectivity index (χ2v) is 4.39. The molecule has 0 aliphatic rings. The Morgan fingerprint density at radius 1 is 1.38 bits per heavy atom. The minimum absolute atomic E-state index is 0.0393. The molecule has 0 radical (unpaired) electrons. The monoisotopic (exact) mass is 255 g/mol. The lowest BCUT2D eigenvalue weighted by Gasteiger charge is -2.20. The van der Waals surface area contributed by atoms with Gasteiger partial charge in [-0.05, 0) is 6.92 Å². The van der Waals surface area contributed by atoms with Crippen LogP contribution in [-0.2, 0) is 18.8 Å². The molecule has 16 heavy (non-hydrogen) atoms. The number of carbonyl (C=O) groups is 2. The van der Waals surface area contributed by atoms with Gasteiger partial charge in [-0.3, -0.25) is 14.3 Å². The highest BCUT2D eigenvalue weighted by molar-refractivity contribution is 7.51. The van der Waals surface area contributed by atoms with E-state index in [9.17, 15) is 14.2 Å². The van der Waals surface area contributed by atoms with Crippen molar-refractivity contribution in [2.75, 3.05) is 26.5 Å². The largest absolute Gasteiger partial charge is 0.468 e. The van der Waals surface area contributed by atoms with E-state index in [2.05, 4.69) is 9.47 Å². The third-order valence-electron chi connectivity index (χ3n) is 1.43. The fourth-order valence-corrected chi connectivity index (χ4v) is 1.49. The summed E-state index contributed by atoms with van der Waals surface area (Å²) in [6.45, 7) is 1.00. The zero-order chi connectivity index (χ0) is 12.8. The molecule has 8 nitrogen and oxygen atoms in total. The van der Waals surface area contributed by atoms with Gasteiger partial charge in [0.15, 0.2) is 0 Å². The van der Waals surface area contributed by atoms with Gasteiger partial charge in [-0.1, -0.05) is 0 Å². The summed E-state index contributed by atoms with van der Waals surface area (Å²) in [5.41, 5.74) is 0. The van der Waals surface area contributed by atoms with Crippen molar-refractivity contribution >= 4 is 19.7 Å². The van der Waals surface area contributed by atoms with Crippen molar-refractivity contribution in [1.29, 1.82) is 0 Å². The van der Waals surface area contributed by atoms with Gasteiger partial charge in [0.2, 0.25) is 0 Å². The summed E-state index contributed by atoms with van der Waals surface area (Å²) in [5.74, 6) is -0.790. The molecule has 0 fully saturated rings. The average Bonchev–Trinajstić information content (AvgIpc) is 2.14. The predicted octanol–water partition coefficient (Wildman–Crippen LogP) is -0.247. The Kier molecular flexibility index (Phi) is 6.02. The lowest BCUT2D eigenvalue weighted by molar-refractivity contribution is -0.141. The molecule has 0 aliphatic carbocycles. The summed E-state index contributed by atoms with van der Waals surface area (Å²) < 4.78 is 19.5. The van der Waals surface area contributed by atoms with Crippen LogP contribution in [0.3, 0.4) is 0 Å². The third-order valence-corrected chi connectivity index (χ3v) is 2.14. The normalized spacial score (nSPS) is 10.8. The SMILES string of the molecule is CCOC(=O)N(CC(=O)OC)CP(=O)(O)O. The Balaban J connectivity index is 4.56. The lowest BCUT2D eigenvalue weighted by atomic mass is 10.6. The van der Waals surface area contributed by atoms with Crippen molar-refractivity contribution in [1.82, 2.24) is 4.90 Å². The van der Waals surface area contributed by atoms with Crippen molar-refractivity contribution in [3.05, 3.63) is 0 Å². The number of amides is 1.